The van der Waals surface area contributed by atoms with Gasteiger partial charge in [0.05, 0.1) is 25.9 Å². The zero-order valence-corrected chi connectivity index (χ0v) is 11.9. The molecule has 0 bridgehead atoms. The first-order valence-electron chi connectivity index (χ1n) is 6.30. The number of aromatic nitrogens is 1. The zero-order chi connectivity index (χ0) is 14.5. The lowest BCUT2D eigenvalue weighted by molar-refractivity contribution is -0.0448. The van der Waals surface area contributed by atoms with Crippen LogP contribution in [0.5, 0.6) is 0 Å². The molecule has 1 saturated heterocycles. The SMILES string of the molecule is CCOC(=O)c1nc(C(=O)N2CCOC(CO)C2)cs1. The van der Waals surface area contributed by atoms with Crippen LogP contribution in [0.3, 0.4) is 0 Å². The number of hydrogen-bond acceptors (Lipinski definition) is 7. The molecular formula is C12H16N2O5S. The van der Waals surface area contributed by atoms with Crippen LogP contribution in [-0.4, -0.2) is 65.9 Å². The number of carbonyl (C=O) groups is 2. The summed E-state index contributed by atoms with van der Waals surface area (Å²) in [4.78, 5) is 29.3. The lowest BCUT2D eigenvalue weighted by Crippen LogP contribution is -2.47. The van der Waals surface area contributed by atoms with Crippen LogP contribution in [0, 0.1) is 0 Å². The topological polar surface area (TPSA) is 89.0 Å². The average molecular weight is 300 g/mol. The third-order valence-corrected chi connectivity index (χ3v) is 3.63. The van der Waals surface area contributed by atoms with Crippen molar-refractivity contribution in [3.63, 3.8) is 0 Å². The average Bonchev–Trinajstić information content (AvgIpc) is 2.96. The first kappa shape index (κ1) is 14.9. The zero-order valence-electron chi connectivity index (χ0n) is 11.1. The number of rotatable bonds is 4. The van der Waals surface area contributed by atoms with Crippen LogP contribution in [0.25, 0.3) is 0 Å². The lowest BCUT2D eigenvalue weighted by Gasteiger charge is -2.31. The van der Waals surface area contributed by atoms with E-state index in [2.05, 4.69) is 4.98 Å². The van der Waals surface area contributed by atoms with Crippen molar-refractivity contribution in [1.82, 2.24) is 9.88 Å². The fourth-order valence-corrected chi connectivity index (χ4v) is 2.52. The molecule has 8 heteroatoms. The van der Waals surface area contributed by atoms with Gasteiger partial charge in [-0.15, -0.1) is 11.3 Å². The number of ether oxygens (including phenoxy) is 2. The van der Waals surface area contributed by atoms with Crippen LogP contribution >= 0.6 is 11.3 Å². The molecule has 0 aromatic carbocycles. The Bertz CT molecular complexity index is 490. The van der Waals surface area contributed by atoms with Crippen LogP contribution < -0.4 is 0 Å². The third-order valence-electron chi connectivity index (χ3n) is 2.80. The molecule has 1 amide bonds. The van der Waals surface area contributed by atoms with E-state index in [0.717, 1.165) is 11.3 Å². The van der Waals surface area contributed by atoms with Crippen molar-refractivity contribution >= 4 is 23.2 Å². The van der Waals surface area contributed by atoms with Gasteiger partial charge in [0, 0.05) is 18.5 Å². The van der Waals surface area contributed by atoms with Crippen molar-refractivity contribution in [2.75, 3.05) is 32.9 Å². The summed E-state index contributed by atoms with van der Waals surface area (Å²) in [7, 11) is 0. The first-order chi connectivity index (χ1) is 9.65. The maximum absolute atomic E-state index is 12.2. The number of hydrogen-bond donors (Lipinski definition) is 1. The second kappa shape index (κ2) is 6.78. The highest BCUT2D eigenvalue weighted by atomic mass is 32.1. The molecule has 1 aromatic heterocycles. The summed E-state index contributed by atoms with van der Waals surface area (Å²) < 4.78 is 10.1. The quantitative estimate of drug-likeness (QED) is 0.796. The van der Waals surface area contributed by atoms with Crippen LogP contribution in [-0.2, 0) is 9.47 Å². The van der Waals surface area contributed by atoms with E-state index in [0.29, 0.717) is 19.7 Å². The second-order valence-electron chi connectivity index (χ2n) is 4.18. The van der Waals surface area contributed by atoms with E-state index < -0.39 is 5.97 Å². The Morgan fingerprint density at radius 1 is 1.65 bits per heavy atom. The number of nitrogens with zero attached hydrogens (tertiary/aromatic N) is 2. The van der Waals surface area contributed by atoms with Gasteiger partial charge >= 0.3 is 5.97 Å². The Morgan fingerprint density at radius 2 is 2.45 bits per heavy atom. The highest BCUT2D eigenvalue weighted by Crippen LogP contribution is 2.15. The van der Waals surface area contributed by atoms with Gasteiger partial charge in [-0.3, -0.25) is 4.79 Å². The molecule has 1 atom stereocenters. The Morgan fingerprint density at radius 3 is 3.15 bits per heavy atom. The van der Waals surface area contributed by atoms with Crippen molar-refractivity contribution in [2.24, 2.45) is 0 Å². The van der Waals surface area contributed by atoms with Crippen LogP contribution in [0.2, 0.25) is 0 Å². The number of carbonyl (C=O) groups excluding carboxylic acids is 2. The van der Waals surface area contributed by atoms with Crippen molar-refractivity contribution < 1.29 is 24.2 Å². The molecule has 7 nitrogen and oxygen atoms in total. The summed E-state index contributed by atoms with van der Waals surface area (Å²) >= 11 is 1.08. The minimum absolute atomic E-state index is 0.130. The van der Waals surface area contributed by atoms with Gasteiger partial charge in [0.1, 0.15) is 5.69 Å². The number of aliphatic hydroxyl groups excluding tert-OH is 1. The Kier molecular flexibility index (Phi) is 5.05. The molecule has 1 N–H and O–H groups in total. The molecule has 1 aliphatic heterocycles. The lowest BCUT2D eigenvalue weighted by atomic mass is 10.2. The maximum atomic E-state index is 12.2. The molecule has 0 aliphatic carbocycles. The Hall–Kier alpha value is -1.51. The van der Waals surface area contributed by atoms with E-state index in [4.69, 9.17) is 14.6 Å². The highest BCUT2D eigenvalue weighted by Gasteiger charge is 2.26. The largest absolute Gasteiger partial charge is 0.461 e. The van der Waals surface area contributed by atoms with E-state index in [-0.39, 0.29) is 35.9 Å². The van der Waals surface area contributed by atoms with E-state index in [1.54, 1.807) is 11.8 Å². The molecule has 20 heavy (non-hydrogen) atoms. The number of amides is 1. The summed E-state index contributed by atoms with van der Waals surface area (Å²) in [5, 5.41) is 10.8. The van der Waals surface area contributed by atoms with Crippen LogP contribution in [0.15, 0.2) is 5.38 Å². The summed E-state index contributed by atoms with van der Waals surface area (Å²) in [6.45, 7) is 2.99. The van der Waals surface area contributed by atoms with Gasteiger partial charge in [0.25, 0.3) is 5.91 Å². The molecule has 0 radical (unpaired) electrons. The van der Waals surface area contributed by atoms with Crippen molar-refractivity contribution in [3.05, 3.63) is 16.1 Å². The summed E-state index contributed by atoms with van der Waals surface area (Å²) in [6, 6.07) is 0. The monoisotopic (exact) mass is 300 g/mol. The number of morpholine rings is 1. The summed E-state index contributed by atoms with van der Waals surface area (Å²) in [6.07, 6.45) is -0.365. The van der Waals surface area contributed by atoms with E-state index in [1.807, 2.05) is 0 Å². The molecule has 1 aromatic rings. The van der Waals surface area contributed by atoms with Crippen molar-refractivity contribution in [1.29, 1.82) is 0 Å². The van der Waals surface area contributed by atoms with Gasteiger partial charge in [0.2, 0.25) is 5.01 Å². The smallest absolute Gasteiger partial charge is 0.367 e. The van der Waals surface area contributed by atoms with Gasteiger partial charge in [-0.25, -0.2) is 9.78 Å². The van der Waals surface area contributed by atoms with E-state index in [1.165, 1.54) is 5.38 Å². The molecular weight excluding hydrogens is 284 g/mol. The maximum Gasteiger partial charge on any atom is 0.367 e. The molecule has 2 rings (SSSR count). The summed E-state index contributed by atoms with van der Waals surface area (Å²) in [5.41, 5.74) is 0.219. The van der Waals surface area contributed by atoms with E-state index >= 15 is 0 Å². The number of esters is 1. The molecule has 0 saturated carbocycles. The Labute approximate surface area is 120 Å². The van der Waals surface area contributed by atoms with Gasteiger partial charge in [0.15, 0.2) is 0 Å². The molecule has 1 unspecified atom stereocenters. The van der Waals surface area contributed by atoms with Gasteiger partial charge < -0.3 is 19.5 Å². The summed E-state index contributed by atoms with van der Waals surface area (Å²) in [5.74, 6) is -0.787. The van der Waals surface area contributed by atoms with Crippen molar-refractivity contribution in [2.45, 2.75) is 13.0 Å². The minimum Gasteiger partial charge on any atom is -0.461 e. The minimum atomic E-state index is -0.522. The standard InChI is InChI=1S/C12H16N2O5S/c1-2-18-12(17)10-13-9(7-20-10)11(16)14-3-4-19-8(5-14)6-15/h7-8,15H,2-6H2,1H3. The fraction of sp³-hybridized carbons (Fsp3) is 0.583. The van der Waals surface area contributed by atoms with Gasteiger partial charge in [-0.2, -0.15) is 0 Å². The third kappa shape index (κ3) is 3.33. The Balaban J connectivity index is 2.04. The highest BCUT2D eigenvalue weighted by molar-refractivity contribution is 7.11. The first-order valence-corrected chi connectivity index (χ1v) is 7.18. The number of aliphatic hydroxyl groups is 1. The van der Waals surface area contributed by atoms with E-state index in [9.17, 15) is 9.59 Å². The van der Waals surface area contributed by atoms with Gasteiger partial charge in [-0.1, -0.05) is 0 Å². The number of thiazole rings is 1. The van der Waals surface area contributed by atoms with Crippen LogP contribution in [0.1, 0.15) is 27.2 Å². The normalized spacial score (nSPS) is 18.9. The molecule has 110 valence electrons. The van der Waals surface area contributed by atoms with Gasteiger partial charge in [-0.05, 0) is 6.92 Å². The van der Waals surface area contributed by atoms with Crippen molar-refractivity contribution in [3.8, 4) is 0 Å². The van der Waals surface area contributed by atoms with Crippen LogP contribution in [0.4, 0.5) is 0 Å². The second-order valence-corrected chi connectivity index (χ2v) is 5.04. The molecule has 1 aliphatic rings. The predicted octanol–water partition coefficient (Wildman–Crippen LogP) is 0.153. The fourth-order valence-electron chi connectivity index (χ4n) is 1.83. The predicted molar refractivity (Wildman–Crippen MR) is 70.8 cm³/mol. The molecule has 1 fully saturated rings. The molecule has 2 heterocycles. The molecule has 0 spiro atoms.